The van der Waals surface area contributed by atoms with Gasteiger partial charge in [0, 0.05) is 17.8 Å². The van der Waals surface area contributed by atoms with Gasteiger partial charge in [-0.25, -0.2) is 0 Å². The molecule has 0 unspecified atom stereocenters. The summed E-state index contributed by atoms with van der Waals surface area (Å²) in [6.07, 6.45) is 0.941. The van der Waals surface area contributed by atoms with Crippen LogP contribution in [0.2, 0.25) is 0 Å². The van der Waals surface area contributed by atoms with Crippen LogP contribution in [0.15, 0.2) is 35.7 Å². The van der Waals surface area contributed by atoms with Crippen molar-refractivity contribution in [3.05, 3.63) is 51.7 Å². The van der Waals surface area contributed by atoms with Crippen molar-refractivity contribution in [1.29, 1.82) is 0 Å². The van der Waals surface area contributed by atoms with Crippen molar-refractivity contribution in [3.8, 4) is 5.75 Å². The summed E-state index contributed by atoms with van der Waals surface area (Å²) in [6, 6.07) is 10.5. The van der Waals surface area contributed by atoms with Gasteiger partial charge in [-0.15, -0.1) is 11.3 Å². The van der Waals surface area contributed by atoms with Gasteiger partial charge in [-0.05, 0) is 42.6 Å². The normalized spacial score (nSPS) is 10.6. The number of thiophene rings is 1. The Morgan fingerprint density at radius 3 is 2.89 bits per heavy atom. The highest BCUT2D eigenvalue weighted by Gasteiger charge is 2.05. The van der Waals surface area contributed by atoms with E-state index in [2.05, 4.69) is 28.9 Å². The van der Waals surface area contributed by atoms with E-state index in [0.29, 0.717) is 6.61 Å². The minimum Gasteiger partial charge on any atom is -0.494 e. The molecule has 96 valence electrons. The summed E-state index contributed by atoms with van der Waals surface area (Å²) >= 11 is 1.81. The monoisotopic (exact) mass is 261 g/mol. The van der Waals surface area contributed by atoms with Gasteiger partial charge in [0.25, 0.3) is 0 Å². The van der Waals surface area contributed by atoms with Gasteiger partial charge in [-0.2, -0.15) is 0 Å². The number of ether oxygens (including phenoxy) is 1. The molecule has 3 heteroatoms. The molecule has 2 aromatic rings. The van der Waals surface area contributed by atoms with Crippen LogP contribution in [0.25, 0.3) is 0 Å². The molecule has 0 fully saturated rings. The number of rotatable bonds is 6. The molecule has 0 spiro atoms. The first-order valence-electron chi connectivity index (χ1n) is 6.25. The molecule has 0 amide bonds. The maximum absolute atomic E-state index is 5.65. The number of nitrogens with one attached hydrogen (secondary N) is 1. The van der Waals surface area contributed by atoms with E-state index in [9.17, 15) is 0 Å². The Balaban J connectivity index is 2.12. The van der Waals surface area contributed by atoms with Crippen LogP contribution in [0.3, 0.4) is 0 Å². The van der Waals surface area contributed by atoms with Crippen LogP contribution in [-0.2, 0) is 13.0 Å². The minimum absolute atomic E-state index is 0.714. The molecule has 1 aromatic heterocycles. The van der Waals surface area contributed by atoms with Crippen molar-refractivity contribution < 1.29 is 4.74 Å². The van der Waals surface area contributed by atoms with Crippen molar-refractivity contribution in [1.82, 2.24) is 5.32 Å². The highest BCUT2D eigenvalue weighted by molar-refractivity contribution is 7.10. The van der Waals surface area contributed by atoms with E-state index in [1.54, 1.807) is 0 Å². The van der Waals surface area contributed by atoms with Crippen LogP contribution < -0.4 is 10.1 Å². The lowest BCUT2D eigenvalue weighted by molar-refractivity contribution is 0.337. The third kappa shape index (κ3) is 3.34. The number of para-hydroxylation sites is 1. The molecule has 1 N–H and O–H groups in total. The molecule has 1 heterocycles. The fraction of sp³-hybridized carbons (Fsp3) is 0.333. The minimum atomic E-state index is 0.714. The lowest BCUT2D eigenvalue weighted by Gasteiger charge is -2.08. The van der Waals surface area contributed by atoms with Crippen LogP contribution in [-0.4, -0.2) is 13.7 Å². The molecule has 0 atom stereocenters. The maximum Gasteiger partial charge on any atom is 0.122 e. The lowest BCUT2D eigenvalue weighted by Crippen LogP contribution is -2.02. The molecule has 0 bridgehead atoms. The van der Waals surface area contributed by atoms with E-state index in [1.165, 1.54) is 16.0 Å². The highest BCUT2D eigenvalue weighted by Crippen LogP contribution is 2.24. The third-order valence-corrected chi connectivity index (χ3v) is 3.71. The van der Waals surface area contributed by atoms with Gasteiger partial charge in [0.15, 0.2) is 0 Å². The molecule has 2 nitrogen and oxygen atoms in total. The first-order valence-corrected chi connectivity index (χ1v) is 7.13. The van der Waals surface area contributed by atoms with Crippen molar-refractivity contribution in [3.63, 3.8) is 0 Å². The van der Waals surface area contributed by atoms with Gasteiger partial charge < -0.3 is 10.1 Å². The SMILES string of the molecule is CCOc1ccccc1Cc1csc(CNC)c1. The Kier molecular flexibility index (Phi) is 4.79. The zero-order chi connectivity index (χ0) is 12.8. The molecule has 1 aromatic carbocycles. The van der Waals surface area contributed by atoms with Crippen LogP contribution >= 0.6 is 11.3 Å². The standard InChI is InChI=1S/C15H19NOS/c1-3-17-15-7-5-4-6-13(15)8-12-9-14(10-16-2)18-11-12/h4-7,9,11,16H,3,8,10H2,1-2H3. The summed E-state index contributed by atoms with van der Waals surface area (Å²) in [7, 11) is 1.98. The Bertz CT molecular complexity index is 493. The van der Waals surface area contributed by atoms with Gasteiger partial charge in [0.05, 0.1) is 6.61 Å². The molecule has 18 heavy (non-hydrogen) atoms. The molecular formula is C15H19NOS. The Labute approximate surface area is 113 Å². The molecule has 0 saturated heterocycles. The zero-order valence-electron chi connectivity index (χ0n) is 10.9. The van der Waals surface area contributed by atoms with E-state index >= 15 is 0 Å². The second-order valence-electron chi connectivity index (χ2n) is 4.17. The van der Waals surface area contributed by atoms with Crippen LogP contribution in [0.1, 0.15) is 22.9 Å². The molecule has 0 saturated carbocycles. The van der Waals surface area contributed by atoms with Crippen molar-refractivity contribution in [2.45, 2.75) is 19.9 Å². The number of benzene rings is 1. The first kappa shape index (κ1) is 13.1. The first-order chi connectivity index (χ1) is 8.83. The molecule has 0 aliphatic carbocycles. The summed E-state index contributed by atoms with van der Waals surface area (Å²) < 4.78 is 5.65. The number of hydrogen-bond acceptors (Lipinski definition) is 3. The van der Waals surface area contributed by atoms with E-state index in [1.807, 2.05) is 37.4 Å². The Hall–Kier alpha value is -1.32. The lowest BCUT2D eigenvalue weighted by atomic mass is 10.1. The van der Waals surface area contributed by atoms with Crippen LogP contribution in [0, 0.1) is 0 Å². The average molecular weight is 261 g/mol. The third-order valence-electron chi connectivity index (χ3n) is 2.73. The van der Waals surface area contributed by atoms with Gasteiger partial charge in [-0.1, -0.05) is 18.2 Å². The van der Waals surface area contributed by atoms with Crippen molar-refractivity contribution in [2.75, 3.05) is 13.7 Å². The van der Waals surface area contributed by atoms with Gasteiger partial charge in [-0.3, -0.25) is 0 Å². The molecule has 0 aliphatic rings. The highest BCUT2D eigenvalue weighted by atomic mass is 32.1. The summed E-state index contributed by atoms with van der Waals surface area (Å²) in [5, 5.41) is 5.41. The largest absolute Gasteiger partial charge is 0.494 e. The van der Waals surface area contributed by atoms with Gasteiger partial charge >= 0.3 is 0 Å². The van der Waals surface area contributed by atoms with Gasteiger partial charge in [0.2, 0.25) is 0 Å². The summed E-state index contributed by atoms with van der Waals surface area (Å²) in [5.41, 5.74) is 2.62. The predicted octanol–water partition coefficient (Wildman–Crippen LogP) is 3.46. The maximum atomic E-state index is 5.65. The topological polar surface area (TPSA) is 21.3 Å². The van der Waals surface area contributed by atoms with Crippen molar-refractivity contribution in [2.24, 2.45) is 0 Å². The second-order valence-corrected chi connectivity index (χ2v) is 5.16. The molecule has 2 rings (SSSR count). The quantitative estimate of drug-likeness (QED) is 0.860. The van der Waals surface area contributed by atoms with Crippen LogP contribution in [0.4, 0.5) is 0 Å². The molecular weight excluding hydrogens is 242 g/mol. The fourth-order valence-electron chi connectivity index (χ4n) is 1.95. The van der Waals surface area contributed by atoms with Crippen LogP contribution in [0.5, 0.6) is 5.75 Å². The zero-order valence-corrected chi connectivity index (χ0v) is 11.7. The summed E-state index contributed by atoms with van der Waals surface area (Å²) in [6.45, 7) is 3.68. The Morgan fingerprint density at radius 1 is 1.28 bits per heavy atom. The predicted molar refractivity (Wildman–Crippen MR) is 77.5 cm³/mol. The van der Waals surface area contributed by atoms with E-state index in [0.717, 1.165) is 18.7 Å². The van der Waals surface area contributed by atoms with E-state index in [4.69, 9.17) is 4.74 Å². The second kappa shape index (κ2) is 6.57. The van der Waals surface area contributed by atoms with Gasteiger partial charge in [0.1, 0.15) is 5.75 Å². The summed E-state index contributed by atoms with van der Waals surface area (Å²) in [5.74, 6) is 1.00. The average Bonchev–Trinajstić information content (AvgIpc) is 2.80. The summed E-state index contributed by atoms with van der Waals surface area (Å²) in [4.78, 5) is 1.38. The van der Waals surface area contributed by atoms with Crippen molar-refractivity contribution >= 4 is 11.3 Å². The van der Waals surface area contributed by atoms with E-state index in [-0.39, 0.29) is 0 Å². The van der Waals surface area contributed by atoms with E-state index < -0.39 is 0 Å². The fourth-order valence-corrected chi connectivity index (χ4v) is 2.85. The smallest absolute Gasteiger partial charge is 0.122 e. The Morgan fingerprint density at radius 2 is 2.11 bits per heavy atom. The molecule has 0 radical (unpaired) electrons. The number of hydrogen-bond donors (Lipinski definition) is 1. The molecule has 0 aliphatic heterocycles.